The number of hydrogen-bond acceptors (Lipinski definition) is 2. The molecule has 1 aliphatic heterocycles. The zero-order valence-corrected chi connectivity index (χ0v) is 6.43. The first-order valence-corrected chi connectivity index (χ1v) is 4.02. The van der Waals surface area contributed by atoms with Crippen LogP contribution in [-0.4, -0.2) is 17.6 Å². The van der Waals surface area contributed by atoms with E-state index in [1.54, 1.807) is 0 Å². The standard InChI is InChI=1S/C8H13N3/c9-6-1-2-7-8(11-5-6)3-4-10-7/h3-4,6,10-11H,1-2,5,9H2. The van der Waals surface area contributed by atoms with Crippen LogP contribution in [0.1, 0.15) is 12.1 Å². The number of nitrogens with one attached hydrogen (secondary N) is 2. The molecular formula is C8H13N3. The van der Waals surface area contributed by atoms with Gasteiger partial charge in [-0.05, 0) is 18.9 Å². The summed E-state index contributed by atoms with van der Waals surface area (Å²) in [5.41, 5.74) is 8.31. The van der Waals surface area contributed by atoms with E-state index < -0.39 is 0 Å². The number of aryl methyl sites for hydroxylation is 1. The minimum absolute atomic E-state index is 0.302. The Labute approximate surface area is 66.0 Å². The van der Waals surface area contributed by atoms with Crippen LogP contribution in [0.25, 0.3) is 0 Å². The number of aromatic nitrogens is 1. The van der Waals surface area contributed by atoms with E-state index in [1.165, 1.54) is 11.4 Å². The lowest BCUT2D eigenvalue weighted by Gasteiger charge is -2.06. The van der Waals surface area contributed by atoms with Crippen molar-refractivity contribution >= 4 is 5.69 Å². The molecule has 1 aliphatic rings. The summed E-state index contributed by atoms with van der Waals surface area (Å²) in [6.45, 7) is 0.894. The van der Waals surface area contributed by atoms with Crippen LogP contribution >= 0.6 is 0 Å². The Kier molecular flexibility index (Phi) is 1.58. The van der Waals surface area contributed by atoms with Crippen molar-refractivity contribution in [3.8, 4) is 0 Å². The molecule has 0 saturated carbocycles. The lowest BCUT2D eigenvalue weighted by molar-refractivity contribution is 0.647. The predicted molar refractivity (Wildman–Crippen MR) is 45.6 cm³/mol. The first kappa shape index (κ1) is 6.73. The normalized spacial score (nSPS) is 23.5. The molecule has 11 heavy (non-hydrogen) atoms. The second kappa shape index (κ2) is 2.58. The van der Waals surface area contributed by atoms with E-state index in [1.807, 2.05) is 6.20 Å². The highest BCUT2D eigenvalue weighted by Crippen LogP contribution is 2.18. The summed E-state index contributed by atoms with van der Waals surface area (Å²) >= 11 is 0. The quantitative estimate of drug-likeness (QED) is 0.511. The van der Waals surface area contributed by atoms with Gasteiger partial charge in [-0.15, -0.1) is 0 Å². The van der Waals surface area contributed by atoms with Crippen LogP contribution in [0.5, 0.6) is 0 Å². The van der Waals surface area contributed by atoms with Crippen LogP contribution in [-0.2, 0) is 6.42 Å². The number of H-pyrrole nitrogens is 1. The Bertz CT molecular complexity index is 219. The third-order valence-corrected chi connectivity index (χ3v) is 2.15. The maximum absolute atomic E-state index is 5.80. The minimum atomic E-state index is 0.302. The number of fused-ring (bicyclic) bond motifs is 1. The molecule has 1 atom stereocenters. The number of hydrogen-bond donors (Lipinski definition) is 3. The molecule has 1 aromatic rings. The number of nitrogens with two attached hydrogens (primary N) is 1. The van der Waals surface area contributed by atoms with Gasteiger partial charge < -0.3 is 16.0 Å². The second-order valence-electron chi connectivity index (χ2n) is 3.05. The summed E-state index contributed by atoms with van der Waals surface area (Å²) in [4.78, 5) is 3.20. The fourth-order valence-electron chi connectivity index (χ4n) is 1.45. The molecule has 0 aromatic carbocycles. The first-order valence-electron chi connectivity index (χ1n) is 4.02. The van der Waals surface area contributed by atoms with Crippen LogP contribution in [0, 0.1) is 0 Å². The SMILES string of the molecule is NC1CCc2[nH]ccc2NC1. The third kappa shape index (κ3) is 1.24. The molecule has 0 saturated heterocycles. The highest BCUT2D eigenvalue weighted by Gasteiger charge is 2.11. The third-order valence-electron chi connectivity index (χ3n) is 2.15. The smallest absolute Gasteiger partial charge is 0.0551 e. The van der Waals surface area contributed by atoms with Crippen LogP contribution in [0.3, 0.4) is 0 Å². The van der Waals surface area contributed by atoms with Crippen molar-refractivity contribution in [1.82, 2.24) is 4.98 Å². The lowest BCUT2D eigenvalue weighted by Crippen LogP contribution is -2.27. The van der Waals surface area contributed by atoms with Gasteiger partial charge in [0.1, 0.15) is 0 Å². The van der Waals surface area contributed by atoms with Gasteiger partial charge in [0, 0.05) is 24.5 Å². The average molecular weight is 151 g/mol. The Morgan fingerprint density at radius 3 is 3.36 bits per heavy atom. The van der Waals surface area contributed by atoms with Crippen molar-refractivity contribution in [2.75, 3.05) is 11.9 Å². The zero-order valence-electron chi connectivity index (χ0n) is 6.43. The second-order valence-corrected chi connectivity index (χ2v) is 3.05. The average Bonchev–Trinajstić information content (AvgIpc) is 2.38. The van der Waals surface area contributed by atoms with E-state index in [2.05, 4.69) is 16.4 Å². The molecule has 0 fully saturated rings. The van der Waals surface area contributed by atoms with Crippen molar-refractivity contribution in [1.29, 1.82) is 0 Å². The Hall–Kier alpha value is -0.960. The van der Waals surface area contributed by atoms with Gasteiger partial charge in [-0.3, -0.25) is 0 Å². The Balaban J connectivity index is 2.20. The highest BCUT2D eigenvalue weighted by atomic mass is 14.9. The summed E-state index contributed by atoms with van der Waals surface area (Å²) in [6.07, 6.45) is 4.10. The van der Waals surface area contributed by atoms with Crippen molar-refractivity contribution in [3.05, 3.63) is 18.0 Å². The number of rotatable bonds is 0. The van der Waals surface area contributed by atoms with E-state index in [9.17, 15) is 0 Å². The maximum atomic E-state index is 5.80. The fraction of sp³-hybridized carbons (Fsp3) is 0.500. The van der Waals surface area contributed by atoms with Crippen molar-refractivity contribution in [2.45, 2.75) is 18.9 Å². The zero-order chi connectivity index (χ0) is 7.68. The van der Waals surface area contributed by atoms with E-state index in [4.69, 9.17) is 5.73 Å². The molecule has 0 bridgehead atoms. The Morgan fingerprint density at radius 1 is 1.55 bits per heavy atom. The van der Waals surface area contributed by atoms with Crippen molar-refractivity contribution in [2.24, 2.45) is 5.73 Å². The largest absolute Gasteiger partial charge is 0.382 e. The van der Waals surface area contributed by atoms with E-state index in [0.29, 0.717) is 6.04 Å². The molecule has 0 radical (unpaired) electrons. The van der Waals surface area contributed by atoms with Gasteiger partial charge in [-0.1, -0.05) is 0 Å². The van der Waals surface area contributed by atoms with E-state index >= 15 is 0 Å². The molecular weight excluding hydrogens is 138 g/mol. The lowest BCUT2D eigenvalue weighted by atomic mass is 10.1. The molecule has 3 heteroatoms. The predicted octanol–water partition coefficient (Wildman–Crippen LogP) is 0.700. The van der Waals surface area contributed by atoms with E-state index in [0.717, 1.165) is 19.4 Å². The first-order chi connectivity index (χ1) is 5.36. The minimum Gasteiger partial charge on any atom is -0.382 e. The van der Waals surface area contributed by atoms with Gasteiger partial charge in [-0.2, -0.15) is 0 Å². The van der Waals surface area contributed by atoms with Crippen LogP contribution < -0.4 is 11.1 Å². The molecule has 60 valence electrons. The summed E-state index contributed by atoms with van der Waals surface area (Å²) < 4.78 is 0. The summed E-state index contributed by atoms with van der Waals surface area (Å²) in [5.74, 6) is 0. The van der Waals surface area contributed by atoms with Gasteiger partial charge in [0.05, 0.1) is 5.69 Å². The van der Waals surface area contributed by atoms with Crippen LogP contribution in [0.4, 0.5) is 5.69 Å². The molecule has 4 N–H and O–H groups in total. The van der Waals surface area contributed by atoms with Gasteiger partial charge in [0.25, 0.3) is 0 Å². The van der Waals surface area contributed by atoms with Crippen molar-refractivity contribution in [3.63, 3.8) is 0 Å². The fourth-order valence-corrected chi connectivity index (χ4v) is 1.45. The molecule has 0 spiro atoms. The molecule has 0 aliphatic carbocycles. The van der Waals surface area contributed by atoms with Crippen LogP contribution in [0.2, 0.25) is 0 Å². The number of anilines is 1. The molecule has 3 nitrogen and oxygen atoms in total. The summed E-state index contributed by atoms with van der Waals surface area (Å²) in [6, 6.07) is 2.36. The van der Waals surface area contributed by atoms with Gasteiger partial charge in [0.15, 0.2) is 0 Å². The van der Waals surface area contributed by atoms with Gasteiger partial charge >= 0.3 is 0 Å². The molecule has 1 unspecified atom stereocenters. The van der Waals surface area contributed by atoms with E-state index in [-0.39, 0.29) is 0 Å². The summed E-state index contributed by atoms with van der Waals surface area (Å²) in [5, 5.41) is 3.30. The van der Waals surface area contributed by atoms with Gasteiger partial charge in [0.2, 0.25) is 0 Å². The molecule has 2 rings (SSSR count). The topological polar surface area (TPSA) is 53.8 Å². The Morgan fingerprint density at radius 2 is 2.45 bits per heavy atom. The maximum Gasteiger partial charge on any atom is 0.0551 e. The molecule has 0 amide bonds. The molecule has 2 heterocycles. The number of aromatic amines is 1. The van der Waals surface area contributed by atoms with Crippen molar-refractivity contribution < 1.29 is 0 Å². The molecule has 1 aromatic heterocycles. The van der Waals surface area contributed by atoms with Gasteiger partial charge in [-0.25, -0.2) is 0 Å². The van der Waals surface area contributed by atoms with Crippen LogP contribution in [0.15, 0.2) is 12.3 Å². The summed E-state index contributed by atoms with van der Waals surface area (Å²) in [7, 11) is 0. The highest BCUT2D eigenvalue weighted by molar-refractivity contribution is 5.49. The monoisotopic (exact) mass is 151 g/mol.